The van der Waals surface area contributed by atoms with E-state index in [1.165, 1.54) is 18.4 Å². The van der Waals surface area contributed by atoms with Crippen LogP contribution in [0.4, 0.5) is 0 Å². The van der Waals surface area contributed by atoms with E-state index in [0.29, 0.717) is 5.92 Å². The zero-order chi connectivity index (χ0) is 14.8. The third-order valence-electron chi connectivity index (χ3n) is 4.53. The van der Waals surface area contributed by atoms with Crippen molar-refractivity contribution in [3.05, 3.63) is 42.4 Å². The van der Waals surface area contributed by atoms with Gasteiger partial charge >= 0.3 is 0 Å². The van der Waals surface area contributed by atoms with Crippen LogP contribution < -0.4 is 0 Å². The van der Waals surface area contributed by atoms with Crippen molar-refractivity contribution < 1.29 is 9.15 Å². The summed E-state index contributed by atoms with van der Waals surface area (Å²) in [5, 5.41) is 0. The van der Waals surface area contributed by atoms with Gasteiger partial charge in [0.2, 0.25) is 0 Å². The molecular weight excluding hydrogens is 278 g/mol. The van der Waals surface area contributed by atoms with Crippen LogP contribution in [0.25, 0.3) is 0 Å². The van der Waals surface area contributed by atoms with Crippen molar-refractivity contribution in [1.82, 2.24) is 14.5 Å². The fraction of sp³-hybridized carbons (Fsp3) is 0.588. The predicted molar refractivity (Wildman–Crippen MR) is 82.1 cm³/mol. The second-order valence-electron chi connectivity index (χ2n) is 6.64. The lowest BCUT2D eigenvalue weighted by molar-refractivity contribution is 0.0705. The number of aromatic nitrogens is 2. The van der Waals surface area contributed by atoms with Crippen molar-refractivity contribution in [1.29, 1.82) is 0 Å². The fourth-order valence-electron chi connectivity index (χ4n) is 3.18. The average Bonchev–Trinajstić information content (AvgIpc) is 3.06. The number of rotatable bonds is 6. The van der Waals surface area contributed by atoms with E-state index >= 15 is 0 Å². The van der Waals surface area contributed by atoms with Gasteiger partial charge in [-0.1, -0.05) is 0 Å². The molecule has 0 bridgehead atoms. The van der Waals surface area contributed by atoms with Crippen LogP contribution in [0, 0.1) is 11.8 Å². The van der Waals surface area contributed by atoms with E-state index < -0.39 is 0 Å². The highest BCUT2D eigenvalue weighted by molar-refractivity contribution is 5.06. The number of imidazole rings is 1. The standard InChI is InChI=1S/C17H23N3O2/c1-2-14(1)11-22-13-16-8-19(7-15-3-6-21-12-15)10-17-18-4-5-20(17)9-16/h3-6,12,14,16H,1-2,7-11,13H2/t16-/m0/s1. The maximum absolute atomic E-state index is 5.95. The van der Waals surface area contributed by atoms with Crippen molar-refractivity contribution >= 4 is 0 Å². The van der Waals surface area contributed by atoms with Crippen LogP contribution >= 0.6 is 0 Å². The van der Waals surface area contributed by atoms with Gasteiger partial charge in [-0.15, -0.1) is 0 Å². The Morgan fingerprint density at radius 1 is 1.23 bits per heavy atom. The molecule has 0 aromatic carbocycles. The molecule has 0 amide bonds. The Morgan fingerprint density at radius 2 is 2.14 bits per heavy atom. The molecule has 1 aliphatic heterocycles. The first kappa shape index (κ1) is 14.0. The van der Waals surface area contributed by atoms with Gasteiger partial charge in [-0.3, -0.25) is 4.90 Å². The topological polar surface area (TPSA) is 43.4 Å². The van der Waals surface area contributed by atoms with Gasteiger partial charge in [0.25, 0.3) is 0 Å². The first-order valence-electron chi connectivity index (χ1n) is 8.18. The Labute approximate surface area is 130 Å². The van der Waals surface area contributed by atoms with Crippen LogP contribution in [0.2, 0.25) is 0 Å². The quantitative estimate of drug-likeness (QED) is 0.822. The molecule has 0 spiro atoms. The van der Waals surface area contributed by atoms with E-state index in [4.69, 9.17) is 9.15 Å². The number of ether oxygens (including phenoxy) is 1. The zero-order valence-corrected chi connectivity index (χ0v) is 12.9. The van der Waals surface area contributed by atoms with Gasteiger partial charge < -0.3 is 13.7 Å². The Balaban J connectivity index is 1.42. The summed E-state index contributed by atoms with van der Waals surface area (Å²) in [6.07, 6.45) is 10.3. The number of hydrogen-bond donors (Lipinski definition) is 0. The molecule has 1 fully saturated rings. The molecule has 1 aliphatic carbocycles. The van der Waals surface area contributed by atoms with Crippen molar-refractivity contribution in [3.63, 3.8) is 0 Å². The number of fused-ring (bicyclic) bond motifs is 1. The van der Waals surface area contributed by atoms with Gasteiger partial charge in [0.05, 0.1) is 25.7 Å². The molecule has 3 heterocycles. The lowest BCUT2D eigenvalue weighted by Crippen LogP contribution is -2.30. The third-order valence-corrected chi connectivity index (χ3v) is 4.53. The average molecular weight is 301 g/mol. The lowest BCUT2D eigenvalue weighted by Gasteiger charge is -2.23. The summed E-state index contributed by atoms with van der Waals surface area (Å²) in [5.41, 5.74) is 1.22. The van der Waals surface area contributed by atoms with E-state index in [0.717, 1.165) is 51.1 Å². The molecule has 2 aromatic rings. The summed E-state index contributed by atoms with van der Waals surface area (Å²) in [5.74, 6) is 2.49. The van der Waals surface area contributed by atoms with Crippen LogP contribution in [0.3, 0.4) is 0 Å². The van der Waals surface area contributed by atoms with Crippen molar-refractivity contribution in [2.45, 2.75) is 32.5 Å². The van der Waals surface area contributed by atoms with Crippen LogP contribution in [0.15, 0.2) is 35.4 Å². The Kier molecular flexibility index (Phi) is 3.99. The van der Waals surface area contributed by atoms with Gasteiger partial charge in [0.1, 0.15) is 5.82 Å². The van der Waals surface area contributed by atoms with Crippen LogP contribution in [-0.4, -0.2) is 34.2 Å². The monoisotopic (exact) mass is 301 g/mol. The van der Waals surface area contributed by atoms with Crippen LogP contribution in [0.5, 0.6) is 0 Å². The summed E-state index contributed by atoms with van der Waals surface area (Å²) in [7, 11) is 0. The summed E-state index contributed by atoms with van der Waals surface area (Å²) in [6.45, 7) is 5.62. The highest BCUT2D eigenvalue weighted by Crippen LogP contribution is 2.29. The summed E-state index contributed by atoms with van der Waals surface area (Å²) in [4.78, 5) is 6.95. The lowest BCUT2D eigenvalue weighted by atomic mass is 10.1. The minimum atomic E-state index is 0.515. The van der Waals surface area contributed by atoms with Gasteiger partial charge in [-0.2, -0.15) is 0 Å². The van der Waals surface area contributed by atoms with E-state index in [1.54, 1.807) is 6.26 Å². The molecule has 5 nitrogen and oxygen atoms in total. The molecule has 118 valence electrons. The van der Waals surface area contributed by atoms with Gasteiger partial charge in [-0.25, -0.2) is 4.98 Å². The maximum Gasteiger partial charge on any atom is 0.122 e. The normalized spacial score (nSPS) is 22.5. The second kappa shape index (κ2) is 6.26. The largest absolute Gasteiger partial charge is 0.472 e. The highest BCUT2D eigenvalue weighted by atomic mass is 16.5. The SMILES string of the molecule is c1cn2c(n1)CN(Cc1ccoc1)C[C@H](COCC1CC1)C2. The number of hydrogen-bond acceptors (Lipinski definition) is 4. The molecular formula is C17H23N3O2. The van der Waals surface area contributed by atoms with E-state index in [-0.39, 0.29) is 0 Å². The van der Waals surface area contributed by atoms with Gasteiger partial charge in [0, 0.05) is 50.1 Å². The molecule has 4 rings (SSSR count). The minimum absolute atomic E-state index is 0.515. The Hall–Kier alpha value is -1.59. The van der Waals surface area contributed by atoms with E-state index in [1.807, 2.05) is 18.5 Å². The smallest absolute Gasteiger partial charge is 0.122 e. The molecule has 5 heteroatoms. The fourth-order valence-corrected chi connectivity index (χ4v) is 3.18. The summed E-state index contributed by atoms with van der Waals surface area (Å²) < 4.78 is 13.4. The van der Waals surface area contributed by atoms with Gasteiger partial charge in [-0.05, 0) is 24.8 Å². The second-order valence-corrected chi connectivity index (χ2v) is 6.64. The molecule has 2 aliphatic rings. The third kappa shape index (κ3) is 3.42. The van der Waals surface area contributed by atoms with Crippen LogP contribution in [-0.2, 0) is 24.4 Å². The zero-order valence-electron chi connectivity index (χ0n) is 12.9. The highest BCUT2D eigenvalue weighted by Gasteiger charge is 2.25. The molecule has 0 saturated heterocycles. The van der Waals surface area contributed by atoms with Gasteiger partial charge in [0.15, 0.2) is 0 Å². The number of nitrogens with zero attached hydrogens (tertiary/aromatic N) is 3. The molecule has 0 radical (unpaired) electrons. The molecule has 1 saturated carbocycles. The summed E-state index contributed by atoms with van der Waals surface area (Å²) >= 11 is 0. The first-order valence-corrected chi connectivity index (χ1v) is 8.18. The van der Waals surface area contributed by atoms with Crippen molar-refractivity contribution in [2.75, 3.05) is 19.8 Å². The van der Waals surface area contributed by atoms with E-state index in [9.17, 15) is 0 Å². The molecule has 22 heavy (non-hydrogen) atoms. The van der Waals surface area contributed by atoms with Crippen LogP contribution in [0.1, 0.15) is 24.2 Å². The van der Waals surface area contributed by atoms with Crippen molar-refractivity contribution in [2.24, 2.45) is 11.8 Å². The maximum atomic E-state index is 5.95. The summed E-state index contributed by atoms with van der Waals surface area (Å²) in [6, 6.07) is 2.04. The minimum Gasteiger partial charge on any atom is -0.472 e. The molecule has 0 unspecified atom stereocenters. The Morgan fingerprint density at radius 3 is 2.95 bits per heavy atom. The Bertz CT molecular complexity index is 589. The molecule has 0 N–H and O–H groups in total. The van der Waals surface area contributed by atoms with Crippen molar-refractivity contribution in [3.8, 4) is 0 Å². The molecule has 1 atom stereocenters. The van der Waals surface area contributed by atoms with E-state index in [2.05, 4.69) is 20.6 Å². The first-order chi connectivity index (χ1) is 10.9. The number of furan rings is 1. The molecule has 2 aromatic heterocycles. The predicted octanol–water partition coefficient (Wildman–Crippen LogP) is 2.53.